The van der Waals surface area contributed by atoms with Crippen molar-refractivity contribution in [1.82, 2.24) is 19.8 Å². The minimum absolute atomic E-state index is 0.0872. The van der Waals surface area contributed by atoms with Gasteiger partial charge >= 0.3 is 6.18 Å². The highest BCUT2D eigenvalue weighted by molar-refractivity contribution is 9.10. The molecule has 2 heterocycles. The van der Waals surface area contributed by atoms with Crippen LogP contribution in [0, 0.1) is 0 Å². The maximum atomic E-state index is 13.9. The molecule has 1 aliphatic heterocycles. The SMILES string of the molecule is C=CC(COC)Nc1nc2c(c(=O)n1-c1ccc(C(=O)NC)cc1)C[C@@H](C)N(C(=O)c1ccc(Br)c(C(F)(F)F)c1)C2. The first-order chi connectivity index (χ1) is 19.9. The van der Waals surface area contributed by atoms with E-state index in [0.717, 1.165) is 6.07 Å². The van der Waals surface area contributed by atoms with Gasteiger partial charge in [0.25, 0.3) is 17.4 Å². The third-order valence-electron chi connectivity index (χ3n) is 6.95. The van der Waals surface area contributed by atoms with Crippen LogP contribution in [0.25, 0.3) is 5.69 Å². The molecule has 3 aromatic rings. The first-order valence-corrected chi connectivity index (χ1v) is 13.7. The Kier molecular flexibility index (Phi) is 9.21. The summed E-state index contributed by atoms with van der Waals surface area (Å²) >= 11 is 2.90. The third-order valence-corrected chi connectivity index (χ3v) is 7.65. The van der Waals surface area contributed by atoms with Crippen LogP contribution in [0.5, 0.6) is 0 Å². The number of methoxy groups -OCH3 is 1. The molecule has 0 spiro atoms. The number of anilines is 1. The Morgan fingerprint density at radius 1 is 1.21 bits per heavy atom. The van der Waals surface area contributed by atoms with Gasteiger partial charge in [-0.3, -0.25) is 14.4 Å². The van der Waals surface area contributed by atoms with Crippen molar-refractivity contribution < 1.29 is 27.5 Å². The summed E-state index contributed by atoms with van der Waals surface area (Å²) in [6, 6.07) is 8.81. The quantitative estimate of drug-likeness (QED) is 0.347. The van der Waals surface area contributed by atoms with Gasteiger partial charge in [-0.1, -0.05) is 22.0 Å². The van der Waals surface area contributed by atoms with Crippen molar-refractivity contribution in [3.63, 3.8) is 0 Å². The fourth-order valence-corrected chi connectivity index (χ4v) is 5.20. The number of aromatic nitrogens is 2. The monoisotopic (exact) mass is 647 g/mol. The first-order valence-electron chi connectivity index (χ1n) is 12.9. The van der Waals surface area contributed by atoms with Gasteiger partial charge in [-0.05, 0) is 55.8 Å². The maximum absolute atomic E-state index is 13.9. The van der Waals surface area contributed by atoms with Crippen LogP contribution in [-0.2, 0) is 23.9 Å². The zero-order valence-corrected chi connectivity index (χ0v) is 24.7. The van der Waals surface area contributed by atoms with Crippen molar-refractivity contribution >= 4 is 33.7 Å². The summed E-state index contributed by atoms with van der Waals surface area (Å²) in [5.74, 6) is -0.743. The van der Waals surface area contributed by atoms with E-state index < -0.39 is 29.7 Å². The van der Waals surface area contributed by atoms with E-state index in [-0.39, 0.29) is 47.0 Å². The number of ether oxygens (including phenoxy) is 1. The van der Waals surface area contributed by atoms with Gasteiger partial charge in [0, 0.05) is 41.4 Å². The first kappa shape index (κ1) is 31.0. The van der Waals surface area contributed by atoms with Gasteiger partial charge in [0.05, 0.1) is 36.1 Å². The maximum Gasteiger partial charge on any atom is 0.417 e. The molecule has 13 heteroatoms. The highest BCUT2D eigenvalue weighted by atomic mass is 79.9. The number of halogens is 4. The lowest BCUT2D eigenvalue weighted by atomic mass is 9.98. The normalized spacial score (nSPS) is 15.5. The van der Waals surface area contributed by atoms with Crippen molar-refractivity contribution in [3.8, 4) is 5.69 Å². The number of fused-ring (bicyclic) bond motifs is 1. The standard InChI is InChI=1S/C29H29BrF3N5O4/c1-5-19(15-42-4)35-28-36-24-14-37(26(40)18-8-11-23(30)22(13-18)29(31,32)33)16(2)12-21(24)27(41)38(28)20-9-6-17(7-10-20)25(39)34-3/h5-11,13,16,19H,1,12,14-15H2,2-4H3,(H,34,39)(H,35,36)/t16-,19?/m1/s1. The van der Waals surface area contributed by atoms with Crippen LogP contribution >= 0.6 is 15.9 Å². The van der Waals surface area contributed by atoms with Crippen molar-refractivity contribution in [3.05, 3.63) is 97.9 Å². The summed E-state index contributed by atoms with van der Waals surface area (Å²) in [6.45, 7) is 5.66. The molecule has 1 aromatic heterocycles. The number of rotatable bonds is 8. The Bertz CT molecular complexity index is 1570. The molecule has 2 amide bonds. The number of amides is 2. The van der Waals surface area contributed by atoms with E-state index in [0.29, 0.717) is 22.5 Å². The third kappa shape index (κ3) is 6.26. The number of benzene rings is 2. The van der Waals surface area contributed by atoms with E-state index in [1.54, 1.807) is 37.3 Å². The summed E-state index contributed by atoms with van der Waals surface area (Å²) in [5.41, 5.74) is 0.0884. The molecule has 0 fully saturated rings. The predicted octanol–water partition coefficient (Wildman–Crippen LogP) is 4.57. The van der Waals surface area contributed by atoms with Crippen LogP contribution in [-0.4, -0.2) is 59.1 Å². The zero-order valence-electron chi connectivity index (χ0n) is 23.1. The summed E-state index contributed by atoms with van der Waals surface area (Å²) < 4.78 is 46.9. The Morgan fingerprint density at radius 3 is 2.48 bits per heavy atom. The Morgan fingerprint density at radius 2 is 1.88 bits per heavy atom. The van der Waals surface area contributed by atoms with E-state index in [4.69, 9.17) is 9.72 Å². The molecule has 1 aliphatic rings. The summed E-state index contributed by atoms with van der Waals surface area (Å²) in [4.78, 5) is 45.5. The fraction of sp³-hybridized carbons (Fsp3) is 0.310. The minimum atomic E-state index is -4.65. The molecule has 0 aliphatic carbocycles. The minimum Gasteiger partial charge on any atom is -0.382 e. The van der Waals surface area contributed by atoms with Crippen LogP contribution in [0.3, 0.4) is 0 Å². The smallest absolute Gasteiger partial charge is 0.382 e. The molecule has 0 saturated heterocycles. The Labute approximate surface area is 248 Å². The molecule has 42 heavy (non-hydrogen) atoms. The molecule has 0 radical (unpaired) electrons. The molecule has 0 saturated carbocycles. The fourth-order valence-electron chi connectivity index (χ4n) is 4.73. The molecule has 9 nitrogen and oxygen atoms in total. The number of carbonyl (C=O) groups is 2. The Balaban J connectivity index is 1.78. The molecule has 4 rings (SSSR count). The lowest BCUT2D eigenvalue weighted by Crippen LogP contribution is -2.46. The van der Waals surface area contributed by atoms with E-state index in [1.807, 2.05) is 0 Å². The van der Waals surface area contributed by atoms with Gasteiger partial charge in [-0.2, -0.15) is 13.2 Å². The van der Waals surface area contributed by atoms with E-state index in [1.165, 1.54) is 35.8 Å². The predicted molar refractivity (Wildman–Crippen MR) is 155 cm³/mol. The molecule has 0 bridgehead atoms. The number of hydrogen-bond donors (Lipinski definition) is 2. The highest BCUT2D eigenvalue weighted by Crippen LogP contribution is 2.36. The van der Waals surface area contributed by atoms with Crippen LogP contribution in [0.1, 0.15) is 44.5 Å². The lowest BCUT2D eigenvalue weighted by Gasteiger charge is -2.35. The molecule has 1 unspecified atom stereocenters. The average Bonchev–Trinajstić information content (AvgIpc) is 2.96. The summed E-state index contributed by atoms with van der Waals surface area (Å²) in [7, 11) is 3.03. The highest BCUT2D eigenvalue weighted by Gasteiger charge is 2.36. The van der Waals surface area contributed by atoms with E-state index in [9.17, 15) is 27.6 Å². The molecular formula is C29H29BrF3N5O4. The summed E-state index contributed by atoms with van der Waals surface area (Å²) in [5, 5.41) is 5.70. The van der Waals surface area contributed by atoms with Gasteiger partial charge in [0.15, 0.2) is 0 Å². The van der Waals surface area contributed by atoms with Crippen molar-refractivity contribution in [2.24, 2.45) is 0 Å². The van der Waals surface area contributed by atoms with Crippen LogP contribution in [0.2, 0.25) is 0 Å². The second kappa shape index (κ2) is 12.5. The molecule has 222 valence electrons. The van der Waals surface area contributed by atoms with Crippen molar-refractivity contribution in [1.29, 1.82) is 0 Å². The number of carbonyl (C=O) groups excluding carboxylic acids is 2. The van der Waals surface area contributed by atoms with Crippen LogP contribution in [0.15, 0.2) is 64.4 Å². The average molecular weight is 648 g/mol. The lowest BCUT2D eigenvalue weighted by molar-refractivity contribution is -0.138. The van der Waals surface area contributed by atoms with E-state index in [2.05, 4.69) is 33.1 Å². The second-order valence-electron chi connectivity index (χ2n) is 9.75. The molecular weight excluding hydrogens is 619 g/mol. The van der Waals surface area contributed by atoms with Gasteiger partial charge in [-0.25, -0.2) is 9.55 Å². The number of hydrogen-bond acceptors (Lipinski definition) is 6. The topological polar surface area (TPSA) is 106 Å². The molecule has 2 N–H and O–H groups in total. The van der Waals surface area contributed by atoms with E-state index >= 15 is 0 Å². The largest absolute Gasteiger partial charge is 0.417 e. The number of nitrogens with zero attached hydrogens (tertiary/aromatic N) is 3. The van der Waals surface area contributed by atoms with Gasteiger partial charge in [-0.15, -0.1) is 6.58 Å². The molecule has 2 aromatic carbocycles. The second-order valence-corrected chi connectivity index (χ2v) is 10.6. The van der Waals surface area contributed by atoms with Crippen LogP contribution < -0.4 is 16.2 Å². The van der Waals surface area contributed by atoms with Crippen LogP contribution in [0.4, 0.5) is 19.1 Å². The van der Waals surface area contributed by atoms with Gasteiger partial charge < -0.3 is 20.3 Å². The Hall–Kier alpha value is -3.97. The van der Waals surface area contributed by atoms with Gasteiger partial charge in [0.1, 0.15) is 0 Å². The van der Waals surface area contributed by atoms with Crippen molar-refractivity contribution in [2.45, 2.75) is 38.1 Å². The van der Waals surface area contributed by atoms with Gasteiger partial charge in [0.2, 0.25) is 5.95 Å². The number of alkyl halides is 3. The van der Waals surface area contributed by atoms with Crippen molar-refractivity contribution in [2.75, 3.05) is 26.1 Å². The zero-order chi connectivity index (χ0) is 30.8. The number of nitrogens with one attached hydrogen (secondary N) is 2. The molecule has 2 atom stereocenters. The summed E-state index contributed by atoms with van der Waals surface area (Å²) in [6.07, 6.45) is -2.92.